The number of hydrogen-bond acceptors (Lipinski definition) is 14. The number of nitrogens with zero attached hydrogens (tertiary/aromatic N) is 4. The maximum absolute atomic E-state index is 13.0. The average molecular weight is 828 g/mol. The topological polar surface area (TPSA) is 331 Å². The van der Waals surface area contributed by atoms with Crippen molar-refractivity contribution in [3.63, 3.8) is 0 Å². The van der Waals surface area contributed by atoms with Crippen LogP contribution in [0.4, 0.5) is 34.1 Å². The second kappa shape index (κ2) is 17.6. The van der Waals surface area contributed by atoms with Gasteiger partial charge in [-0.2, -0.15) is 27.1 Å². The van der Waals surface area contributed by atoms with Crippen LogP contribution in [0.3, 0.4) is 0 Å². The molecule has 0 aliphatic heterocycles. The van der Waals surface area contributed by atoms with Crippen molar-refractivity contribution in [1.82, 2.24) is 0 Å². The molecule has 0 bridgehead atoms. The predicted molar refractivity (Wildman–Crippen MR) is 193 cm³/mol. The number of phenols is 2. The molecule has 0 saturated heterocycles. The maximum atomic E-state index is 13.0. The van der Waals surface area contributed by atoms with Crippen molar-refractivity contribution >= 4 is 78.1 Å². The number of anilines is 2. The van der Waals surface area contributed by atoms with Gasteiger partial charge in [-0.1, -0.05) is 0 Å². The van der Waals surface area contributed by atoms with E-state index < -0.39 is 76.4 Å². The van der Waals surface area contributed by atoms with E-state index in [1.54, 1.807) is 0 Å². The van der Waals surface area contributed by atoms with Gasteiger partial charge >= 0.3 is 41.5 Å². The Labute approximate surface area is 343 Å². The molecule has 5 rings (SSSR count). The SMILES string of the molecule is O=C(Nc1ccc(N=Nc2ccc(O)c(C(=O)O)c2)c(S(=O)(=O)O)c1)c1ccc(C(=O)Nc2ccc(N=Nc3ccc(O)c(C(=O)O)c3)c(S(=O)(=O)O)c2)cc1.[Na+]. The smallest absolute Gasteiger partial charge is 0.507 e. The molecule has 20 nitrogen and oxygen atoms in total. The summed E-state index contributed by atoms with van der Waals surface area (Å²) in [6.45, 7) is 0. The number of carbonyl (C=O) groups excluding carboxylic acids is 2. The zero-order chi connectivity index (χ0) is 40.9. The summed E-state index contributed by atoms with van der Waals surface area (Å²) in [5, 5.41) is 57.5. The molecule has 0 spiro atoms. The Morgan fingerprint density at radius 2 is 0.842 bits per heavy atom. The molecular formula is C34H24N6NaO14S2+. The van der Waals surface area contributed by atoms with Crippen LogP contribution in [0.25, 0.3) is 0 Å². The van der Waals surface area contributed by atoms with E-state index in [0.29, 0.717) is 0 Å². The van der Waals surface area contributed by atoms with Gasteiger partial charge in [0.1, 0.15) is 43.8 Å². The standard InChI is InChI=1S/C34H24N6O14S2.Na/c41-27-11-7-21(13-23(27)33(45)46)37-39-25-9-5-19(15-29(25)55(49,50)51)35-31(43)17-1-2-18(4-3-17)32(44)36-20-6-10-26(30(16-20)56(52,53)54)40-38-22-8-12-28(42)24(14-22)34(47)48;/h1-16,41-42H,(H,35,43)(H,36,44)(H,45,46)(H,47,48)(H,49,50,51)(H,52,53,54);/q;+1. The molecule has 286 valence electrons. The zero-order valence-corrected chi connectivity index (χ0v) is 32.4. The van der Waals surface area contributed by atoms with Crippen molar-refractivity contribution < 1.29 is 95.1 Å². The summed E-state index contributed by atoms with van der Waals surface area (Å²) >= 11 is 0. The molecule has 5 aromatic rings. The van der Waals surface area contributed by atoms with Crippen LogP contribution in [-0.4, -0.2) is 70.1 Å². The van der Waals surface area contributed by atoms with E-state index >= 15 is 0 Å². The number of carboxylic acid groups (broad SMARTS) is 2. The van der Waals surface area contributed by atoms with Gasteiger partial charge in [0.25, 0.3) is 32.1 Å². The van der Waals surface area contributed by atoms with E-state index in [1.165, 1.54) is 48.5 Å². The summed E-state index contributed by atoms with van der Waals surface area (Å²) in [6, 6.07) is 17.9. The van der Waals surface area contributed by atoms with Crippen molar-refractivity contribution in [3.05, 3.63) is 119 Å². The molecule has 0 unspecified atom stereocenters. The van der Waals surface area contributed by atoms with Crippen LogP contribution < -0.4 is 40.2 Å². The molecule has 23 heteroatoms. The molecule has 0 saturated carbocycles. The summed E-state index contributed by atoms with van der Waals surface area (Å²) < 4.78 is 68.0. The Kier molecular flexibility index (Phi) is 13.4. The largest absolute Gasteiger partial charge is 1.00 e. The predicted octanol–water partition coefficient (Wildman–Crippen LogP) is 3.33. The number of benzene rings is 5. The summed E-state index contributed by atoms with van der Waals surface area (Å²) in [5.41, 5.74) is -2.09. The first-order chi connectivity index (χ1) is 26.3. The minimum Gasteiger partial charge on any atom is -0.507 e. The monoisotopic (exact) mass is 827 g/mol. The third-order valence-electron chi connectivity index (χ3n) is 7.37. The van der Waals surface area contributed by atoms with Gasteiger partial charge in [-0.25, -0.2) is 9.59 Å². The van der Waals surface area contributed by atoms with E-state index in [4.69, 9.17) is 10.2 Å². The Bertz CT molecular complexity index is 2540. The quantitative estimate of drug-likeness (QED) is 0.0508. The van der Waals surface area contributed by atoms with E-state index in [-0.39, 0.29) is 74.8 Å². The van der Waals surface area contributed by atoms with Crippen LogP contribution in [-0.2, 0) is 20.2 Å². The molecular weight excluding hydrogens is 804 g/mol. The second-order valence-corrected chi connectivity index (χ2v) is 14.0. The molecule has 0 atom stereocenters. The van der Waals surface area contributed by atoms with Crippen LogP contribution in [0.1, 0.15) is 41.4 Å². The fourth-order valence-corrected chi connectivity index (χ4v) is 5.98. The zero-order valence-electron chi connectivity index (χ0n) is 28.8. The number of hydrogen-bond donors (Lipinski definition) is 8. The molecule has 5 aromatic carbocycles. The number of nitrogens with one attached hydrogen (secondary N) is 2. The molecule has 0 aliphatic carbocycles. The van der Waals surface area contributed by atoms with Crippen molar-refractivity contribution in [2.24, 2.45) is 20.5 Å². The first kappa shape index (κ1) is 43.3. The number of carbonyl (C=O) groups is 4. The van der Waals surface area contributed by atoms with E-state index in [0.717, 1.165) is 48.5 Å². The summed E-state index contributed by atoms with van der Waals surface area (Å²) in [4.78, 5) is 46.9. The Hall–Kier alpha value is -6.40. The number of aromatic carboxylic acids is 2. The van der Waals surface area contributed by atoms with Crippen molar-refractivity contribution in [2.45, 2.75) is 9.79 Å². The van der Waals surface area contributed by atoms with Gasteiger partial charge in [0.15, 0.2) is 0 Å². The third-order valence-corrected chi connectivity index (χ3v) is 9.13. The molecule has 0 aromatic heterocycles. The molecule has 8 N–H and O–H groups in total. The van der Waals surface area contributed by atoms with Crippen LogP contribution in [0.15, 0.2) is 127 Å². The minimum absolute atomic E-state index is 0. The van der Waals surface area contributed by atoms with Crippen molar-refractivity contribution in [3.8, 4) is 11.5 Å². The second-order valence-electron chi connectivity index (χ2n) is 11.2. The van der Waals surface area contributed by atoms with Gasteiger partial charge in [0.2, 0.25) is 0 Å². The first-order valence-corrected chi connectivity index (χ1v) is 18.1. The fourth-order valence-electron chi connectivity index (χ4n) is 4.68. The normalized spacial score (nSPS) is 11.5. The van der Waals surface area contributed by atoms with Gasteiger partial charge in [0, 0.05) is 22.5 Å². The van der Waals surface area contributed by atoms with Crippen molar-refractivity contribution in [1.29, 1.82) is 0 Å². The number of rotatable bonds is 12. The van der Waals surface area contributed by atoms with Gasteiger partial charge < -0.3 is 31.1 Å². The van der Waals surface area contributed by atoms with E-state index in [1.807, 2.05) is 0 Å². The van der Waals surface area contributed by atoms with E-state index in [9.17, 15) is 55.3 Å². The molecule has 0 aliphatic rings. The average Bonchev–Trinajstić information content (AvgIpc) is 3.13. The number of carboxylic acids is 2. The molecule has 0 heterocycles. The summed E-state index contributed by atoms with van der Waals surface area (Å²) in [5.74, 6) is -5.53. The number of azo groups is 2. The Balaban J connectivity index is 0.00000720. The van der Waals surface area contributed by atoms with Crippen LogP contribution in [0, 0.1) is 0 Å². The summed E-state index contributed by atoms with van der Waals surface area (Å²) in [6.07, 6.45) is 0. The van der Waals surface area contributed by atoms with Crippen LogP contribution in [0.5, 0.6) is 11.5 Å². The molecule has 57 heavy (non-hydrogen) atoms. The fraction of sp³-hybridized carbons (Fsp3) is 0. The maximum Gasteiger partial charge on any atom is 1.00 e. The van der Waals surface area contributed by atoms with Crippen LogP contribution >= 0.6 is 0 Å². The van der Waals surface area contributed by atoms with Gasteiger partial charge in [-0.15, -0.1) is 10.2 Å². The number of amides is 2. The molecule has 2 amide bonds. The Morgan fingerprint density at radius 3 is 1.16 bits per heavy atom. The van der Waals surface area contributed by atoms with Crippen LogP contribution in [0.2, 0.25) is 0 Å². The van der Waals surface area contributed by atoms with Crippen molar-refractivity contribution in [2.75, 3.05) is 10.6 Å². The molecule has 0 fully saturated rings. The third kappa shape index (κ3) is 10.9. The van der Waals surface area contributed by atoms with E-state index in [2.05, 4.69) is 31.1 Å². The van der Waals surface area contributed by atoms with Gasteiger partial charge in [-0.05, 0) is 97.1 Å². The first-order valence-electron chi connectivity index (χ1n) is 15.2. The van der Waals surface area contributed by atoms with Gasteiger partial charge in [0.05, 0.1) is 11.4 Å². The number of aromatic hydroxyl groups is 2. The Morgan fingerprint density at radius 1 is 0.491 bits per heavy atom. The minimum atomic E-state index is -4.93. The summed E-state index contributed by atoms with van der Waals surface area (Å²) in [7, 11) is -9.86. The molecule has 0 radical (unpaired) electrons. The van der Waals surface area contributed by atoms with Gasteiger partial charge in [-0.3, -0.25) is 18.7 Å².